The molecule has 0 fully saturated rings. The highest BCUT2D eigenvalue weighted by Crippen LogP contribution is 2.27. The Morgan fingerprint density at radius 3 is 2.62 bits per heavy atom. The number of nitrogens with zero attached hydrogens (tertiary/aromatic N) is 1. The van der Waals surface area contributed by atoms with Gasteiger partial charge in [0.1, 0.15) is 5.75 Å². The van der Waals surface area contributed by atoms with Crippen molar-refractivity contribution in [1.29, 1.82) is 0 Å². The maximum Gasteiger partial charge on any atom is 0.416 e. The minimum absolute atomic E-state index is 0.244. The fourth-order valence-electron chi connectivity index (χ4n) is 1.41. The summed E-state index contributed by atoms with van der Waals surface area (Å²) < 4.78 is 41.5. The Morgan fingerprint density at radius 1 is 1.52 bits per heavy atom. The normalized spacial score (nSPS) is 12.7. The monoisotopic (exact) mass is 326 g/mol. The van der Waals surface area contributed by atoms with E-state index in [1.54, 1.807) is 0 Å². The van der Waals surface area contributed by atoms with E-state index < -0.39 is 24.9 Å². The van der Waals surface area contributed by atoms with Crippen LogP contribution in [0.1, 0.15) is 0 Å². The van der Waals surface area contributed by atoms with Gasteiger partial charge < -0.3 is 20.1 Å². The predicted octanol–water partition coefficient (Wildman–Crippen LogP) is 2.74. The second kappa shape index (κ2) is 6.86. The summed E-state index contributed by atoms with van der Waals surface area (Å²) in [5.41, 5.74) is 0.291. The molecule has 0 aliphatic heterocycles. The number of aliphatic hydroxyl groups excluding tert-OH is 1. The van der Waals surface area contributed by atoms with Crippen LogP contribution in [0.2, 0.25) is 5.02 Å². The zero-order valence-corrected chi connectivity index (χ0v) is 12.0. The molecule has 1 rings (SSSR count). The lowest BCUT2D eigenvalue weighted by Crippen LogP contribution is -2.43. The minimum atomic E-state index is -4.78. The van der Waals surface area contributed by atoms with Crippen molar-refractivity contribution < 1.29 is 27.8 Å². The number of carbonyl (C=O) groups is 1. The van der Waals surface area contributed by atoms with Crippen molar-refractivity contribution in [2.75, 3.05) is 26.0 Å². The third-order valence-electron chi connectivity index (χ3n) is 2.57. The van der Waals surface area contributed by atoms with E-state index in [0.29, 0.717) is 11.4 Å². The maximum atomic E-state index is 12.2. The Labute approximate surface area is 124 Å². The lowest BCUT2D eigenvalue weighted by molar-refractivity contribution is -0.205. The molecule has 1 aromatic carbocycles. The highest BCUT2D eigenvalue weighted by Gasteiger charge is 2.39. The molecule has 0 aromatic heterocycles. The summed E-state index contributed by atoms with van der Waals surface area (Å²) in [4.78, 5) is 12.4. The Balaban J connectivity index is 2.66. The number of halogens is 4. The zero-order chi connectivity index (χ0) is 16.2. The second-order valence-corrected chi connectivity index (χ2v) is 4.62. The van der Waals surface area contributed by atoms with Crippen molar-refractivity contribution in [2.24, 2.45) is 0 Å². The van der Waals surface area contributed by atoms with Gasteiger partial charge in [0.05, 0.1) is 18.7 Å². The number of alkyl halides is 3. The molecule has 9 heteroatoms. The van der Waals surface area contributed by atoms with E-state index in [1.807, 2.05) is 0 Å². The van der Waals surface area contributed by atoms with Crippen LogP contribution in [-0.2, 0) is 0 Å². The Morgan fingerprint density at radius 2 is 2.14 bits per heavy atom. The van der Waals surface area contributed by atoms with E-state index in [4.69, 9.17) is 21.4 Å². The Hall–Kier alpha value is -1.67. The number of anilines is 1. The van der Waals surface area contributed by atoms with Crippen molar-refractivity contribution in [3.8, 4) is 5.75 Å². The van der Waals surface area contributed by atoms with Crippen LogP contribution in [0.25, 0.3) is 0 Å². The molecule has 21 heavy (non-hydrogen) atoms. The zero-order valence-electron chi connectivity index (χ0n) is 11.2. The van der Waals surface area contributed by atoms with Gasteiger partial charge in [0.2, 0.25) is 0 Å². The largest absolute Gasteiger partial charge is 0.495 e. The number of ether oxygens (including phenoxy) is 1. The van der Waals surface area contributed by atoms with Crippen LogP contribution in [0.3, 0.4) is 0 Å². The molecule has 0 heterocycles. The van der Waals surface area contributed by atoms with E-state index in [9.17, 15) is 18.0 Å². The number of aliphatic hydroxyl groups is 1. The van der Waals surface area contributed by atoms with Gasteiger partial charge in [0, 0.05) is 12.7 Å². The number of urea groups is 1. The van der Waals surface area contributed by atoms with Crippen LogP contribution in [0.4, 0.5) is 23.7 Å². The first-order valence-corrected chi connectivity index (χ1v) is 6.13. The molecule has 0 saturated heterocycles. The summed E-state index contributed by atoms with van der Waals surface area (Å²) in [6, 6.07) is 3.57. The summed E-state index contributed by atoms with van der Waals surface area (Å²) in [5, 5.41) is 11.5. The highest BCUT2D eigenvalue weighted by molar-refractivity contribution is 6.32. The summed E-state index contributed by atoms with van der Waals surface area (Å²) in [6.07, 6.45) is -7.38. The summed E-state index contributed by atoms with van der Waals surface area (Å²) in [5.74, 6) is 0.399. The van der Waals surface area contributed by atoms with Crippen LogP contribution in [-0.4, -0.2) is 49.0 Å². The van der Waals surface area contributed by atoms with Crippen LogP contribution < -0.4 is 10.1 Å². The molecule has 2 N–H and O–H groups in total. The average Bonchev–Trinajstić information content (AvgIpc) is 2.37. The predicted molar refractivity (Wildman–Crippen MR) is 71.7 cm³/mol. The van der Waals surface area contributed by atoms with Crippen molar-refractivity contribution >= 4 is 23.3 Å². The number of benzene rings is 1. The molecule has 0 spiro atoms. The molecule has 1 unspecified atom stereocenters. The molecule has 1 aromatic rings. The first kappa shape index (κ1) is 17.4. The Bertz CT molecular complexity index is 511. The number of carbonyl (C=O) groups excluding carboxylic acids is 1. The van der Waals surface area contributed by atoms with E-state index in [0.717, 1.165) is 11.9 Å². The molecular formula is C12H14ClF3N2O3. The van der Waals surface area contributed by atoms with Gasteiger partial charge in [0.25, 0.3) is 0 Å². The molecule has 0 radical (unpaired) electrons. The van der Waals surface area contributed by atoms with Gasteiger partial charge in [-0.05, 0) is 18.2 Å². The number of hydrogen-bond acceptors (Lipinski definition) is 3. The Kier molecular flexibility index (Phi) is 5.68. The topological polar surface area (TPSA) is 61.8 Å². The van der Waals surface area contributed by atoms with Crippen LogP contribution >= 0.6 is 11.6 Å². The molecule has 118 valence electrons. The summed E-state index contributed by atoms with van der Waals surface area (Å²) in [6.45, 7) is -0.876. The van der Waals surface area contributed by atoms with E-state index in [-0.39, 0.29) is 5.02 Å². The van der Waals surface area contributed by atoms with Gasteiger partial charge in [-0.3, -0.25) is 0 Å². The van der Waals surface area contributed by atoms with E-state index >= 15 is 0 Å². The number of methoxy groups -OCH3 is 1. The second-order valence-electron chi connectivity index (χ2n) is 4.22. The fourth-order valence-corrected chi connectivity index (χ4v) is 1.67. The van der Waals surface area contributed by atoms with Crippen LogP contribution in [0.15, 0.2) is 18.2 Å². The van der Waals surface area contributed by atoms with Gasteiger partial charge in [-0.15, -0.1) is 0 Å². The number of hydrogen-bond donors (Lipinski definition) is 2. The quantitative estimate of drug-likeness (QED) is 0.894. The molecule has 0 aliphatic rings. The summed E-state index contributed by atoms with van der Waals surface area (Å²) >= 11 is 5.86. The van der Waals surface area contributed by atoms with Crippen molar-refractivity contribution in [2.45, 2.75) is 12.3 Å². The van der Waals surface area contributed by atoms with Gasteiger partial charge in [0.15, 0.2) is 6.10 Å². The molecule has 2 amide bonds. The molecular weight excluding hydrogens is 313 g/mol. The smallest absolute Gasteiger partial charge is 0.416 e. The van der Waals surface area contributed by atoms with Gasteiger partial charge in [-0.25, -0.2) is 4.79 Å². The van der Waals surface area contributed by atoms with Crippen molar-refractivity contribution in [3.05, 3.63) is 23.2 Å². The summed E-state index contributed by atoms with van der Waals surface area (Å²) in [7, 11) is 2.56. The van der Waals surface area contributed by atoms with E-state index in [2.05, 4.69) is 5.32 Å². The number of rotatable bonds is 4. The third kappa shape index (κ3) is 4.98. The standard InChI is InChI=1S/C12H14ClF3N2O3/c1-18(6-10(19)12(14,15)16)11(20)17-7-3-4-9(21-2)8(13)5-7/h3-5,10,19H,6H2,1-2H3,(H,17,20). The molecule has 5 nitrogen and oxygen atoms in total. The lowest BCUT2D eigenvalue weighted by Gasteiger charge is -2.22. The molecule has 1 atom stereocenters. The molecule has 0 saturated carbocycles. The minimum Gasteiger partial charge on any atom is -0.495 e. The van der Waals surface area contributed by atoms with Crippen LogP contribution in [0, 0.1) is 0 Å². The maximum absolute atomic E-state index is 12.2. The third-order valence-corrected chi connectivity index (χ3v) is 2.87. The lowest BCUT2D eigenvalue weighted by atomic mass is 10.3. The molecule has 0 bridgehead atoms. The van der Waals surface area contributed by atoms with E-state index in [1.165, 1.54) is 25.3 Å². The van der Waals surface area contributed by atoms with Crippen molar-refractivity contribution in [3.63, 3.8) is 0 Å². The number of nitrogens with one attached hydrogen (secondary N) is 1. The van der Waals surface area contributed by atoms with Gasteiger partial charge in [-0.2, -0.15) is 13.2 Å². The first-order chi connectivity index (χ1) is 9.65. The van der Waals surface area contributed by atoms with Crippen LogP contribution in [0.5, 0.6) is 5.75 Å². The average molecular weight is 327 g/mol. The number of likely N-dealkylation sites (N-methyl/N-ethyl adjacent to an activating group) is 1. The first-order valence-electron chi connectivity index (χ1n) is 5.75. The van der Waals surface area contributed by atoms with Gasteiger partial charge >= 0.3 is 12.2 Å². The SMILES string of the molecule is COc1ccc(NC(=O)N(C)CC(O)C(F)(F)F)cc1Cl. The van der Waals surface area contributed by atoms with Gasteiger partial charge in [-0.1, -0.05) is 11.6 Å². The highest BCUT2D eigenvalue weighted by atomic mass is 35.5. The molecule has 0 aliphatic carbocycles. The number of amides is 2. The van der Waals surface area contributed by atoms with Crippen molar-refractivity contribution in [1.82, 2.24) is 4.90 Å². The fraction of sp³-hybridized carbons (Fsp3) is 0.417.